The lowest BCUT2D eigenvalue weighted by molar-refractivity contribution is -0.145. The molecule has 0 spiro atoms. The maximum absolute atomic E-state index is 12.0. The van der Waals surface area contributed by atoms with Gasteiger partial charge < -0.3 is 10.4 Å². The van der Waals surface area contributed by atoms with E-state index < -0.39 is 17.8 Å². The van der Waals surface area contributed by atoms with Crippen molar-refractivity contribution in [2.24, 2.45) is 11.8 Å². The zero-order valence-electron chi connectivity index (χ0n) is 9.47. The molecule has 1 heterocycles. The van der Waals surface area contributed by atoms with Gasteiger partial charge in [0.25, 0.3) is 0 Å². The molecule has 0 aromatic carbocycles. The Morgan fingerprint density at radius 3 is 2.61 bits per heavy atom. The Bertz CT molecular complexity index is 463. The van der Waals surface area contributed by atoms with Gasteiger partial charge in [-0.1, -0.05) is 6.42 Å². The van der Waals surface area contributed by atoms with Crippen LogP contribution in [-0.4, -0.2) is 27.0 Å². The molecule has 0 saturated heterocycles. The molecule has 7 heteroatoms. The molecule has 0 aliphatic heterocycles. The summed E-state index contributed by atoms with van der Waals surface area (Å²) >= 11 is 3.14. The number of nitrogens with zero attached hydrogens (tertiary/aromatic N) is 2. The van der Waals surface area contributed by atoms with E-state index in [0.29, 0.717) is 23.3 Å². The molecule has 6 nitrogen and oxygen atoms in total. The van der Waals surface area contributed by atoms with Crippen LogP contribution in [0.4, 0.5) is 5.82 Å². The Hall–Kier alpha value is -1.50. The van der Waals surface area contributed by atoms with Crippen molar-refractivity contribution in [1.82, 2.24) is 9.97 Å². The highest BCUT2D eigenvalue weighted by molar-refractivity contribution is 9.10. The minimum absolute atomic E-state index is 0.295. The van der Waals surface area contributed by atoms with Crippen molar-refractivity contribution in [2.75, 3.05) is 5.32 Å². The van der Waals surface area contributed by atoms with E-state index in [0.717, 1.165) is 6.42 Å². The minimum atomic E-state index is -0.908. The third kappa shape index (κ3) is 2.84. The Kier molecular flexibility index (Phi) is 3.90. The van der Waals surface area contributed by atoms with E-state index in [9.17, 15) is 9.59 Å². The number of carbonyl (C=O) groups excluding carboxylic acids is 1. The Labute approximate surface area is 112 Å². The lowest BCUT2D eigenvalue weighted by Gasteiger charge is -2.14. The number of halogens is 1. The second-order valence-corrected chi connectivity index (χ2v) is 5.01. The normalized spacial score (nSPS) is 22.7. The van der Waals surface area contributed by atoms with Gasteiger partial charge in [0.2, 0.25) is 5.91 Å². The van der Waals surface area contributed by atoms with Gasteiger partial charge in [-0.05, 0) is 28.8 Å². The number of hydrogen-bond donors (Lipinski definition) is 2. The molecule has 1 aromatic rings. The summed E-state index contributed by atoms with van der Waals surface area (Å²) in [5.74, 6) is -1.94. The van der Waals surface area contributed by atoms with Crippen molar-refractivity contribution in [1.29, 1.82) is 0 Å². The van der Waals surface area contributed by atoms with Gasteiger partial charge in [0.1, 0.15) is 4.60 Å². The number of aliphatic carboxylic acids is 1. The molecule has 2 atom stereocenters. The molecule has 1 aliphatic rings. The average molecular weight is 314 g/mol. The second kappa shape index (κ2) is 5.43. The largest absolute Gasteiger partial charge is 0.481 e. The molecule has 1 fully saturated rings. The topological polar surface area (TPSA) is 92.2 Å². The van der Waals surface area contributed by atoms with E-state index in [4.69, 9.17) is 5.11 Å². The Morgan fingerprint density at radius 1 is 1.28 bits per heavy atom. The molecule has 2 rings (SSSR count). The van der Waals surface area contributed by atoms with Crippen LogP contribution in [0.5, 0.6) is 0 Å². The Balaban J connectivity index is 2.03. The maximum Gasteiger partial charge on any atom is 0.307 e. The third-order valence-corrected chi connectivity index (χ3v) is 3.45. The molecule has 96 valence electrons. The predicted octanol–water partition coefficient (Wildman–Crippen LogP) is 1.68. The number of carboxylic acid groups (broad SMARTS) is 1. The summed E-state index contributed by atoms with van der Waals surface area (Å²) in [6, 6.07) is 0. The van der Waals surface area contributed by atoms with Crippen LogP contribution in [0.15, 0.2) is 17.0 Å². The van der Waals surface area contributed by atoms with Crippen molar-refractivity contribution in [3.63, 3.8) is 0 Å². The minimum Gasteiger partial charge on any atom is -0.481 e. The summed E-state index contributed by atoms with van der Waals surface area (Å²) in [6.45, 7) is 0. The van der Waals surface area contributed by atoms with Crippen LogP contribution >= 0.6 is 15.9 Å². The highest BCUT2D eigenvalue weighted by atomic mass is 79.9. The number of rotatable bonds is 3. The molecule has 1 aliphatic carbocycles. The van der Waals surface area contributed by atoms with Crippen molar-refractivity contribution in [3.8, 4) is 0 Å². The quantitative estimate of drug-likeness (QED) is 0.885. The summed E-state index contributed by atoms with van der Waals surface area (Å²) in [5.41, 5.74) is 0. The highest BCUT2D eigenvalue weighted by Crippen LogP contribution is 2.32. The molecule has 1 amide bonds. The number of anilines is 1. The predicted molar refractivity (Wildman–Crippen MR) is 66.8 cm³/mol. The van der Waals surface area contributed by atoms with Gasteiger partial charge in [-0.2, -0.15) is 0 Å². The van der Waals surface area contributed by atoms with E-state index in [1.54, 1.807) is 0 Å². The summed E-state index contributed by atoms with van der Waals surface area (Å²) in [5, 5.41) is 11.6. The van der Waals surface area contributed by atoms with Gasteiger partial charge in [-0.25, -0.2) is 9.97 Å². The van der Waals surface area contributed by atoms with E-state index in [-0.39, 0.29) is 5.91 Å². The van der Waals surface area contributed by atoms with Gasteiger partial charge >= 0.3 is 5.97 Å². The standard InChI is InChI=1S/C11H12BrN3O3/c12-8-4-14-9(5-13-8)15-10(16)6-2-1-3-7(6)11(17)18/h4-7H,1-3H2,(H,17,18)(H,14,15,16)/t6-,7+/m1/s1. The van der Waals surface area contributed by atoms with Crippen LogP contribution in [0, 0.1) is 11.8 Å². The van der Waals surface area contributed by atoms with Gasteiger partial charge in [0, 0.05) is 0 Å². The van der Waals surface area contributed by atoms with Crippen LogP contribution < -0.4 is 5.32 Å². The zero-order valence-corrected chi connectivity index (χ0v) is 11.1. The van der Waals surface area contributed by atoms with Crippen LogP contribution in [0.25, 0.3) is 0 Å². The molecular formula is C11H12BrN3O3. The number of amides is 1. The first-order valence-corrected chi connectivity index (χ1v) is 6.38. The van der Waals surface area contributed by atoms with Crippen LogP contribution in [0.3, 0.4) is 0 Å². The summed E-state index contributed by atoms with van der Waals surface area (Å²) in [6.07, 6.45) is 4.82. The first kappa shape index (κ1) is 12.9. The number of hydrogen-bond acceptors (Lipinski definition) is 4. The fraction of sp³-hybridized carbons (Fsp3) is 0.455. The first-order chi connectivity index (χ1) is 8.58. The van der Waals surface area contributed by atoms with Gasteiger partial charge in [-0.15, -0.1) is 0 Å². The lowest BCUT2D eigenvalue weighted by atomic mass is 9.95. The molecule has 0 unspecified atom stereocenters. The van der Waals surface area contributed by atoms with Crippen LogP contribution in [-0.2, 0) is 9.59 Å². The Morgan fingerprint density at radius 2 is 2.00 bits per heavy atom. The number of aromatic nitrogens is 2. The van der Waals surface area contributed by atoms with Gasteiger partial charge in [0.15, 0.2) is 5.82 Å². The molecule has 18 heavy (non-hydrogen) atoms. The highest BCUT2D eigenvalue weighted by Gasteiger charge is 2.37. The summed E-state index contributed by atoms with van der Waals surface area (Å²) in [4.78, 5) is 30.9. The van der Waals surface area contributed by atoms with E-state index in [2.05, 4.69) is 31.2 Å². The number of carboxylic acids is 1. The summed E-state index contributed by atoms with van der Waals surface area (Å²) < 4.78 is 0.574. The van der Waals surface area contributed by atoms with Crippen LogP contribution in [0.1, 0.15) is 19.3 Å². The molecule has 1 saturated carbocycles. The molecule has 0 radical (unpaired) electrons. The van der Waals surface area contributed by atoms with Gasteiger partial charge in [0.05, 0.1) is 24.2 Å². The molecule has 0 bridgehead atoms. The van der Waals surface area contributed by atoms with E-state index in [1.165, 1.54) is 12.4 Å². The van der Waals surface area contributed by atoms with Crippen molar-refractivity contribution in [3.05, 3.63) is 17.0 Å². The smallest absolute Gasteiger partial charge is 0.307 e. The molecule has 1 aromatic heterocycles. The molecule has 2 N–H and O–H groups in total. The SMILES string of the molecule is O=C(O)[C@H]1CCC[C@H]1C(=O)Nc1cnc(Br)cn1. The van der Waals surface area contributed by atoms with Crippen molar-refractivity contribution < 1.29 is 14.7 Å². The summed E-state index contributed by atoms with van der Waals surface area (Å²) in [7, 11) is 0. The fourth-order valence-electron chi connectivity index (χ4n) is 2.17. The molecular weight excluding hydrogens is 302 g/mol. The average Bonchev–Trinajstić information content (AvgIpc) is 2.81. The van der Waals surface area contributed by atoms with Crippen LogP contribution in [0.2, 0.25) is 0 Å². The van der Waals surface area contributed by atoms with Crippen molar-refractivity contribution in [2.45, 2.75) is 19.3 Å². The monoisotopic (exact) mass is 313 g/mol. The second-order valence-electron chi connectivity index (χ2n) is 4.20. The van der Waals surface area contributed by atoms with E-state index >= 15 is 0 Å². The first-order valence-electron chi connectivity index (χ1n) is 5.59. The zero-order chi connectivity index (χ0) is 13.1. The fourth-order valence-corrected chi connectivity index (χ4v) is 2.37. The third-order valence-electron chi connectivity index (χ3n) is 3.04. The maximum atomic E-state index is 12.0. The van der Waals surface area contributed by atoms with Gasteiger partial charge in [-0.3, -0.25) is 9.59 Å². The lowest BCUT2D eigenvalue weighted by Crippen LogP contribution is -2.30. The van der Waals surface area contributed by atoms with Crippen molar-refractivity contribution >= 4 is 33.6 Å². The number of nitrogens with one attached hydrogen (secondary N) is 1. The van der Waals surface area contributed by atoms with E-state index in [1.807, 2.05) is 0 Å². The number of carbonyl (C=O) groups is 2.